The summed E-state index contributed by atoms with van der Waals surface area (Å²) < 4.78 is 40.9. The SMILES string of the molecule is O=C1N[C@]2(C(=O)NS(=O)(=O)C3CC3)C[C@H]2/C=C\CCCCC[C@H](CC(=O)N2CCCCC2)C(=O)N2C[C@H](Oc3cc(-c4ccccn4)nc4c5c(ccc34)OCC5)C[C@@H]12. The summed E-state index contributed by atoms with van der Waals surface area (Å²) in [7, 11) is -3.89. The third-order valence-electron chi connectivity index (χ3n) is 12.9. The van der Waals surface area contributed by atoms with Crippen LogP contribution >= 0.6 is 0 Å². The van der Waals surface area contributed by atoms with E-state index in [1.807, 2.05) is 53.5 Å². The van der Waals surface area contributed by atoms with E-state index >= 15 is 0 Å². The molecule has 5 atom stereocenters. The quantitative estimate of drug-likeness (QED) is 0.305. The van der Waals surface area contributed by atoms with Crippen molar-refractivity contribution in [2.24, 2.45) is 11.8 Å². The van der Waals surface area contributed by atoms with Crippen LogP contribution in [0.2, 0.25) is 0 Å². The third-order valence-corrected chi connectivity index (χ3v) is 14.7. The molecule has 0 spiro atoms. The summed E-state index contributed by atoms with van der Waals surface area (Å²) in [5.74, 6) is -1.41. The fraction of sp³-hybridized carbons (Fsp3) is 0.545. The van der Waals surface area contributed by atoms with Gasteiger partial charge in [-0.25, -0.2) is 13.4 Å². The monoisotopic (exact) mass is 824 g/mol. The van der Waals surface area contributed by atoms with E-state index in [4.69, 9.17) is 14.5 Å². The van der Waals surface area contributed by atoms with Gasteiger partial charge in [0.05, 0.1) is 35.3 Å². The predicted octanol–water partition coefficient (Wildman–Crippen LogP) is 4.60. The van der Waals surface area contributed by atoms with Crippen molar-refractivity contribution in [1.82, 2.24) is 29.8 Å². The molecule has 2 aliphatic carbocycles. The molecule has 1 aromatic carbocycles. The number of rotatable bonds is 8. The number of nitrogens with one attached hydrogen (secondary N) is 2. The number of amides is 4. The molecule has 0 bridgehead atoms. The van der Waals surface area contributed by atoms with E-state index in [1.165, 1.54) is 0 Å². The molecule has 14 nitrogen and oxygen atoms in total. The molecule has 0 radical (unpaired) electrons. The van der Waals surface area contributed by atoms with E-state index in [0.717, 1.165) is 67.2 Å². The summed E-state index contributed by atoms with van der Waals surface area (Å²) in [5, 5.41) is 3.11. The Hall–Kier alpha value is -5.05. The van der Waals surface area contributed by atoms with Crippen LogP contribution in [0.3, 0.4) is 0 Å². The number of carbonyl (C=O) groups excluding carboxylic acids is 4. The first-order chi connectivity index (χ1) is 28.6. The van der Waals surface area contributed by atoms with Crippen molar-refractivity contribution in [2.45, 2.75) is 113 Å². The maximum atomic E-state index is 14.9. The Bertz CT molecular complexity index is 2280. The number of aromatic nitrogens is 2. The van der Waals surface area contributed by atoms with Gasteiger partial charge in [-0.3, -0.25) is 28.9 Å². The Balaban J connectivity index is 1.05. The molecular formula is C44H52N6O8S. The first-order valence-corrected chi connectivity index (χ1v) is 22.9. The fourth-order valence-corrected chi connectivity index (χ4v) is 10.7. The second kappa shape index (κ2) is 16.2. The number of sulfonamides is 1. The lowest BCUT2D eigenvalue weighted by molar-refractivity contribution is -0.145. The van der Waals surface area contributed by atoms with Crippen LogP contribution in [-0.4, -0.2) is 101 Å². The summed E-state index contributed by atoms with van der Waals surface area (Å²) in [6.07, 6.45) is 13.6. The maximum Gasteiger partial charge on any atom is 0.259 e. The number of likely N-dealkylation sites (tertiary alicyclic amines) is 1. The molecule has 4 fully saturated rings. The highest BCUT2D eigenvalue weighted by Crippen LogP contribution is 2.46. The van der Waals surface area contributed by atoms with Crippen LogP contribution in [0, 0.1) is 11.8 Å². The van der Waals surface area contributed by atoms with Crippen LogP contribution in [0.15, 0.2) is 54.7 Å². The zero-order chi connectivity index (χ0) is 40.7. The number of nitrogens with zero attached hydrogens (tertiary/aromatic N) is 4. The highest BCUT2D eigenvalue weighted by molar-refractivity contribution is 7.91. The van der Waals surface area contributed by atoms with Gasteiger partial charge >= 0.3 is 0 Å². The second-order valence-electron chi connectivity index (χ2n) is 17.1. The van der Waals surface area contributed by atoms with Crippen molar-refractivity contribution in [3.05, 3.63) is 60.3 Å². The van der Waals surface area contributed by atoms with Crippen molar-refractivity contribution in [3.63, 3.8) is 0 Å². The standard InChI is InChI=1S/C44H52N6O8S/c51-39(49-20-9-4-10-21-49)23-28-11-5-2-1-3-6-12-29-26-44(29,43(54)48-59(55,56)31-14-15-31)47-41(52)36-24-30(27-50(36)42(28)53)58-38-25-35(34-13-7-8-19-45-34)46-40-32(38)16-17-37-33(40)18-22-57-37/h6-8,12-13,16-17,19,25,28-31,36H,1-5,9-11,14-15,18,20-24,26-27H2,(H,47,52)(H,48,54)/b12-6-/t28-,29-,30-,36+,44-/m1/s1. The molecule has 6 aliphatic rings. The van der Waals surface area contributed by atoms with Crippen molar-refractivity contribution < 1.29 is 37.1 Å². The predicted molar refractivity (Wildman–Crippen MR) is 219 cm³/mol. The molecule has 59 heavy (non-hydrogen) atoms. The average molecular weight is 825 g/mol. The first-order valence-electron chi connectivity index (χ1n) is 21.4. The van der Waals surface area contributed by atoms with Gasteiger partial charge in [0.2, 0.25) is 27.7 Å². The number of ether oxygens (including phenoxy) is 2. The summed E-state index contributed by atoms with van der Waals surface area (Å²) >= 11 is 0. The minimum absolute atomic E-state index is 0.0490. The number of hydrogen-bond acceptors (Lipinski definition) is 10. The van der Waals surface area contributed by atoms with Gasteiger partial charge in [0, 0.05) is 67.4 Å². The number of benzene rings is 1. The number of hydrogen-bond donors (Lipinski definition) is 2. The Labute approximate surface area is 344 Å². The van der Waals surface area contributed by atoms with Crippen LogP contribution in [0.5, 0.6) is 11.5 Å². The van der Waals surface area contributed by atoms with E-state index in [-0.39, 0.29) is 37.6 Å². The van der Waals surface area contributed by atoms with Crippen LogP contribution in [-0.2, 0) is 35.6 Å². The topological polar surface area (TPSA) is 177 Å². The molecule has 4 amide bonds. The van der Waals surface area contributed by atoms with Crippen molar-refractivity contribution in [1.29, 1.82) is 0 Å². The third kappa shape index (κ3) is 8.14. The number of fused-ring (bicyclic) bond motifs is 5. The van der Waals surface area contributed by atoms with E-state index in [0.29, 0.717) is 62.5 Å². The van der Waals surface area contributed by atoms with Crippen LogP contribution in [0.4, 0.5) is 0 Å². The van der Waals surface area contributed by atoms with Gasteiger partial charge < -0.3 is 24.6 Å². The Kier molecular flexibility index (Phi) is 10.8. The van der Waals surface area contributed by atoms with Crippen LogP contribution < -0.4 is 19.5 Å². The van der Waals surface area contributed by atoms with E-state index < -0.39 is 56.6 Å². The molecule has 3 aromatic rings. The minimum Gasteiger partial charge on any atom is -0.493 e. The van der Waals surface area contributed by atoms with Crippen LogP contribution in [0.1, 0.15) is 89.0 Å². The van der Waals surface area contributed by atoms with Crippen molar-refractivity contribution >= 4 is 44.6 Å². The molecule has 9 rings (SSSR count). The zero-order valence-electron chi connectivity index (χ0n) is 33.3. The largest absolute Gasteiger partial charge is 0.493 e. The second-order valence-corrected chi connectivity index (χ2v) is 19.1. The molecule has 4 aliphatic heterocycles. The normalized spacial score (nSPS) is 27.9. The lowest BCUT2D eigenvalue weighted by Gasteiger charge is -2.31. The smallest absolute Gasteiger partial charge is 0.259 e. The maximum absolute atomic E-state index is 14.9. The van der Waals surface area contributed by atoms with Crippen molar-refractivity contribution in [3.8, 4) is 22.9 Å². The van der Waals surface area contributed by atoms with E-state index in [9.17, 15) is 27.6 Å². The summed E-state index contributed by atoms with van der Waals surface area (Å²) in [6, 6.07) is 10.2. The fourth-order valence-electron chi connectivity index (χ4n) is 9.32. The Morgan fingerprint density at radius 3 is 2.63 bits per heavy atom. The molecule has 2 saturated heterocycles. The first kappa shape index (κ1) is 39.4. The van der Waals surface area contributed by atoms with Gasteiger partial charge in [-0.2, -0.15) is 0 Å². The Morgan fingerprint density at radius 1 is 1.00 bits per heavy atom. The molecule has 2 saturated carbocycles. The van der Waals surface area contributed by atoms with E-state index in [1.54, 1.807) is 11.1 Å². The molecule has 6 heterocycles. The summed E-state index contributed by atoms with van der Waals surface area (Å²) in [5.41, 5.74) is 1.49. The van der Waals surface area contributed by atoms with E-state index in [2.05, 4.69) is 15.0 Å². The van der Waals surface area contributed by atoms with Gasteiger partial charge in [-0.1, -0.05) is 31.1 Å². The molecule has 2 N–H and O–H groups in total. The Morgan fingerprint density at radius 2 is 1.83 bits per heavy atom. The lowest BCUT2D eigenvalue weighted by Crippen LogP contribution is -2.57. The van der Waals surface area contributed by atoms with Gasteiger partial charge in [-0.15, -0.1) is 0 Å². The molecule has 15 heteroatoms. The number of allylic oxidation sites excluding steroid dienone is 1. The minimum atomic E-state index is -3.89. The van der Waals surface area contributed by atoms with Crippen molar-refractivity contribution in [2.75, 3.05) is 26.2 Å². The summed E-state index contributed by atoms with van der Waals surface area (Å²) in [4.78, 5) is 70.1. The van der Waals surface area contributed by atoms with Gasteiger partial charge in [0.25, 0.3) is 5.91 Å². The van der Waals surface area contributed by atoms with Gasteiger partial charge in [0.1, 0.15) is 29.2 Å². The summed E-state index contributed by atoms with van der Waals surface area (Å²) in [6.45, 7) is 1.96. The molecule has 2 aromatic heterocycles. The molecular weight excluding hydrogens is 773 g/mol. The van der Waals surface area contributed by atoms with Crippen LogP contribution in [0.25, 0.3) is 22.3 Å². The molecule has 312 valence electrons. The highest BCUT2D eigenvalue weighted by Gasteiger charge is 2.62. The zero-order valence-corrected chi connectivity index (χ0v) is 34.1. The molecule has 0 unspecified atom stereocenters. The highest BCUT2D eigenvalue weighted by atomic mass is 32.2. The number of piperidine rings is 1. The lowest BCUT2D eigenvalue weighted by atomic mass is 9.94. The average Bonchev–Trinajstić information content (AvgIpc) is 4.12. The number of carbonyl (C=O) groups is 4. The number of pyridine rings is 2. The van der Waals surface area contributed by atoms with Gasteiger partial charge in [0.15, 0.2) is 0 Å². The van der Waals surface area contributed by atoms with Gasteiger partial charge in [-0.05, 0) is 82.1 Å².